The molecule has 25 heavy (non-hydrogen) atoms. The van der Waals surface area contributed by atoms with E-state index < -0.39 is 0 Å². The van der Waals surface area contributed by atoms with Crippen LogP contribution in [-0.4, -0.2) is 186 Å². The summed E-state index contributed by atoms with van der Waals surface area (Å²) in [4.78, 5) is 0. The van der Waals surface area contributed by atoms with E-state index in [2.05, 4.69) is 69.1 Å². The summed E-state index contributed by atoms with van der Waals surface area (Å²) in [5, 5.41) is 0. The van der Waals surface area contributed by atoms with Crippen molar-refractivity contribution in [1.82, 2.24) is 0 Å². The first-order valence-electron chi connectivity index (χ1n) is 5.94. The fraction of sp³-hybridized carbons (Fsp3) is 0.125. The summed E-state index contributed by atoms with van der Waals surface area (Å²) in [5.41, 5.74) is 2.83. The van der Waals surface area contributed by atoms with Crippen molar-refractivity contribution in [2.45, 2.75) is 12.8 Å². The van der Waals surface area contributed by atoms with E-state index in [1.54, 1.807) is 77.0 Å². The molecule has 0 N–H and O–H groups in total. The van der Waals surface area contributed by atoms with E-state index >= 15 is 0 Å². The Morgan fingerprint density at radius 2 is 0.720 bits per heavy atom. The van der Waals surface area contributed by atoms with Gasteiger partial charge in [0, 0.05) is 0 Å². The standard InChI is InChI=1S/C14H14.2CH.8Bi.Zr.2H/c1-3-7-13(8-4-1)11-12-14-9-5-2-6-10-14;;;;;;;;;;;;;/h1-10H,11-12H2;2*1H;;;;;;;;;;;/q;2*-1;;;;;;;;;+4;;. The molecule has 0 unspecified atom stereocenters. The normalized spacial score (nSPS) is 6.24. The quantitative estimate of drug-likeness (QED) is 0.290. The van der Waals surface area contributed by atoms with Gasteiger partial charge >= 0.3 is 213 Å². The molecule has 0 saturated heterocycles. The fourth-order valence-corrected chi connectivity index (χ4v) is 1.58. The van der Waals surface area contributed by atoms with Crippen molar-refractivity contribution < 1.29 is 26.2 Å². The summed E-state index contributed by atoms with van der Waals surface area (Å²) in [6, 6.07) is 21.2. The molecule has 0 aliphatic rings. The third-order valence-corrected chi connectivity index (χ3v) is 2.39. The fourth-order valence-electron chi connectivity index (χ4n) is 1.58. The van der Waals surface area contributed by atoms with Crippen LogP contribution in [0, 0.1) is 0 Å². The summed E-state index contributed by atoms with van der Waals surface area (Å²) in [7, 11) is 0. The topological polar surface area (TPSA) is 0 Å². The van der Waals surface area contributed by atoms with E-state index in [0.717, 1.165) is 61.3 Å². The van der Waals surface area contributed by atoms with Crippen molar-refractivity contribution >= 4 is 186 Å². The van der Waals surface area contributed by atoms with Crippen molar-refractivity contribution in [2.75, 3.05) is 0 Å². The van der Waals surface area contributed by atoms with Crippen LogP contribution in [0.25, 0.3) is 0 Å². The molecule has 0 amide bonds. The molecule has 0 saturated carbocycles. The predicted molar refractivity (Wildman–Crippen MR) is 121 cm³/mol. The van der Waals surface area contributed by atoms with Gasteiger partial charge < -0.3 is 0 Å². The Labute approximate surface area is 289 Å². The Morgan fingerprint density at radius 3 is 0.920 bits per heavy atom. The van der Waals surface area contributed by atoms with Crippen LogP contribution in [0.15, 0.2) is 60.7 Å². The molecule has 0 atom stereocenters. The van der Waals surface area contributed by atoms with E-state index in [1.807, 2.05) is 0 Å². The van der Waals surface area contributed by atoms with Crippen LogP contribution in [-0.2, 0) is 39.0 Å². The molecule has 10 radical (unpaired) electrons. The van der Waals surface area contributed by atoms with Gasteiger partial charge in [-0.1, -0.05) is 60.7 Å². The second kappa shape index (κ2) is 43.9. The number of benzene rings is 2. The number of hydrogen-bond donors (Lipinski definition) is 0. The van der Waals surface area contributed by atoms with Crippen LogP contribution in [0.2, 0.25) is 0 Å². The van der Waals surface area contributed by atoms with Crippen molar-refractivity contribution in [2.24, 2.45) is 0 Å². The first-order valence-corrected chi connectivity index (χ1v) is 40.4. The zero-order chi connectivity index (χ0) is 17.6. The van der Waals surface area contributed by atoms with Crippen LogP contribution in [0.5, 0.6) is 0 Å². The molecule has 0 fully saturated rings. The molecular formula is C16H18Bi8Zr+2. The van der Waals surface area contributed by atoms with Gasteiger partial charge in [-0.2, -0.15) is 0 Å². The van der Waals surface area contributed by atoms with Crippen molar-refractivity contribution in [3.05, 3.63) is 71.8 Å². The maximum absolute atomic E-state index is 4.61. The number of hydrogen-bond acceptors (Lipinski definition) is 0. The summed E-state index contributed by atoms with van der Waals surface area (Å²) >= 11 is 8.11. The largest absolute Gasteiger partial charge is 4.00 e. The smallest absolute Gasteiger partial charge is 0.0622 e. The molecule has 2 rings (SSSR count). The van der Waals surface area contributed by atoms with Crippen LogP contribution in [0.1, 0.15) is 11.1 Å². The van der Waals surface area contributed by atoms with Gasteiger partial charge in [0.1, 0.15) is 0 Å². The van der Waals surface area contributed by atoms with E-state index in [-0.39, 0.29) is 78.6 Å². The van der Waals surface area contributed by atoms with E-state index in [1.165, 1.54) is 11.1 Å². The van der Waals surface area contributed by atoms with Gasteiger partial charge in [0.15, 0.2) is 0 Å². The Hall–Kier alpha value is 6.13. The maximum atomic E-state index is 4.61. The van der Waals surface area contributed by atoms with Crippen molar-refractivity contribution in [3.8, 4) is 0 Å². The van der Waals surface area contributed by atoms with Crippen molar-refractivity contribution in [3.63, 3.8) is 0 Å². The van der Waals surface area contributed by atoms with Crippen LogP contribution in [0.4, 0.5) is 0 Å². The maximum Gasteiger partial charge on any atom is 4.00 e. The number of aryl methyl sites for hydroxylation is 2. The molecule has 0 aromatic heterocycles. The molecule has 9 heteroatoms. The molecule has 0 heterocycles. The van der Waals surface area contributed by atoms with Crippen molar-refractivity contribution in [1.29, 1.82) is 0 Å². The Balaban J connectivity index is -0.0000000730. The monoisotopic (exact) mass is 1970 g/mol. The SMILES string of the molecule is [BiH].[BiH].[Bi]=[Bi].[Bi]=[Bi].[CH-]=[Bi].[CH-]=[Bi].[Zr+4].c1ccc(CCc2ccccc2)cc1. The summed E-state index contributed by atoms with van der Waals surface area (Å²) in [6.07, 6.45) is 2.26. The minimum atomic E-state index is 0. The molecule has 0 aliphatic carbocycles. The molecule has 0 aliphatic heterocycles. The molecule has 2 aromatic rings. The van der Waals surface area contributed by atoms with Crippen LogP contribution in [0.3, 0.4) is 0 Å². The molecular weight excluding hydrogens is 1960 g/mol. The van der Waals surface area contributed by atoms with E-state index in [9.17, 15) is 0 Å². The molecule has 0 nitrogen and oxygen atoms in total. The second-order valence-electron chi connectivity index (χ2n) is 3.47. The Kier molecular flexibility index (Phi) is 78.6. The minimum Gasteiger partial charge on any atom is -0.0622 e. The average molecular weight is 1970 g/mol. The third kappa shape index (κ3) is 32.4. The van der Waals surface area contributed by atoms with Gasteiger partial charge in [-0.05, 0) is 24.0 Å². The summed E-state index contributed by atoms with van der Waals surface area (Å²) < 4.78 is 9.22. The minimum absolute atomic E-state index is 0. The van der Waals surface area contributed by atoms with E-state index in [0.29, 0.717) is 0 Å². The predicted octanol–water partition coefficient (Wildman–Crippen LogP) is -0.423. The third-order valence-electron chi connectivity index (χ3n) is 2.39. The van der Waals surface area contributed by atoms with Gasteiger partial charge in [-0.25, -0.2) is 0 Å². The van der Waals surface area contributed by atoms with Gasteiger partial charge in [0.2, 0.25) is 0 Å². The first-order chi connectivity index (χ1) is 10.9. The molecule has 0 bridgehead atoms. The zero-order valence-corrected chi connectivity index (χ0v) is 44.6. The number of rotatable bonds is 3. The summed E-state index contributed by atoms with van der Waals surface area (Å²) in [5.74, 6) is 0. The second-order valence-corrected chi connectivity index (χ2v) is 3.47. The van der Waals surface area contributed by atoms with Gasteiger partial charge in [-0.3, -0.25) is 0 Å². The molecule has 0 spiro atoms. The Bertz CT molecular complexity index is 397. The molecule has 124 valence electrons. The zero-order valence-electron chi connectivity index (χ0n) is 13.5. The average Bonchev–Trinajstić information content (AvgIpc) is 2.68. The van der Waals surface area contributed by atoms with Gasteiger partial charge in [0.05, 0.1) is 0 Å². The van der Waals surface area contributed by atoms with Gasteiger partial charge in [0.25, 0.3) is 0 Å². The molecule has 2 aromatic carbocycles. The van der Waals surface area contributed by atoms with Crippen LogP contribution < -0.4 is 0 Å². The summed E-state index contributed by atoms with van der Waals surface area (Å²) in [6.45, 7) is 0. The van der Waals surface area contributed by atoms with Gasteiger partial charge in [-0.15, -0.1) is 0 Å². The van der Waals surface area contributed by atoms with Crippen LogP contribution >= 0.6 is 0 Å². The Morgan fingerprint density at radius 1 is 0.520 bits per heavy atom. The first kappa shape index (κ1) is 44.7. The van der Waals surface area contributed by atoms with E-state index in [4.69, 9.17) is 0 Å².